The molecule has 0 aliphatic heterocycles. The second-order valence-electron chi connectivity index (χ2n) is 5.76. The second kappa shape index (κ2) is 9.80. The zero-order valence-electron chi connectivity index (χ0n) is 15.1. The molecule has 3 aromatic rings. The van der Waals surface area contributed by atoms with Crippen LogP contribution in [-0.4, -0.2) is 26.1 Å². The summed E-state index contributed by atoms with van der Waals surface area (Å²) in [6.07, 6.45) is 1.48. The van der Waals surface area contributed by atoms with Crippen molar-refractivity contribution in [3.8, 4) is 11.5 Å². The van der Waals surface area contributed by atoms with Crippen LogP contribution in [0.4, 0.5) is 0 Å². The van der Waals surface area contributed by atoms with Crippen molar-refractivity contribution < 1.29 is 18.7 Å². The molecule has 27 heavy (non-hydrogen) atoms. The van der Waals surface area contributed by atoms with Gasteiger partial charge in [0.2, 0.25) is 0 Å². The normalized spacial score (nSPS) is 10.6. The van der Waals surface area contributed by atoms with Crippen molar-refractivity contribution >= 4 is 17.2 Å². The molecule has 6 nitrogen and oxygen atoms in total. The van der Waals surface area contributed by atoms with Crippen molar-refractivity contribution in [3.63, 3.8) is 0 Å². The van der Waals surface area contributed by atoms with E-state index in [9.17, 15) is 4.79 Å². The Bertz CT molecular complexity index is 832. The smallest absolute Gasteiger partial charge is 0.287 e. The zero-order valence-corrected chi connectivity index (χ0v) is 15.9. The number of thiophene rings is 1. The summed E-state index contributed by atoms with van der Waals surface area (Å²) < 4.78 is 16.3. The molecule has 0 fully saturated rings. The highest BCUT2D eigenvalue weighted by molar-refractivity contribution is 7.09. The fourth-order valence-electron chi connectivity index (χ4n) is 2.48. The van der Waals surface area contributed by atoms with Crippen LogP contribution in [0.5, 0.6) is 11.5 Å². The lowest BCUT2D eigenvalue weighted by atomic mass is 10.2. The molecule has 142 valence electrons. The second-order valence-corrected chi connectivity index (χ2v) is 6.80. The molecule has 2 aromatic heterocycles. The van der Waals surface area contributed by atoms with Gasteiger partial charge in [-0.1, -0.05) is 12.1 Å². The lowest BCUT2D eigenvalue weighted by Crippen LogP contribution is -2.31. The first-order valence-electron chi connectivity index (χ1n) is 8.61. The Kier molecular flexibility index (Phi) is 6.90. The Labute approximate surface area is 162 Å². The molecular formula is C20H22N2O4S. The number of ether oxygens (including phenoxy) is 2. The van der Waals surface area contributed by atoms with Gasteiger partial charge < -0.3 is 24.5 Å². The third kappa shape index (κ3) is 5.60. The summed E-state index contributed by atoms with van der Waals surface area (Å²) >= 11 is 1.66. The van der Waals surface area contributed by atoms with Crippen molar-refractivity contribution in [3.05, 3.63) is 70.3 Å². The molecular weight excluding hydrogens is 364 g/mol. The van der Waals surface area contributed by atoms with Crippen molar-refractivity contribution in [2.24, 2.45) is 0 Å². The number of methoxy groups -OCH3 is 1. The molecule has 0 unspecified atom stereocenters. The molecule has 1 amide bonds. The average molecular weight is 386 g/mol. The Balaban J connectivity index is 1.42. The molecule has 0 spiro atoms. The number of hydrogen-bond donors (Lipinski definition) is 2. The van der Waals surface area contributed by atoms with Gasteiger partial charge in [-0.25, -0.2) is 0 Å². The predicted octanol–water partition coefficient (Wildman–Crippen LogP) is 3.45. The van der Waals surface area contributed by atoms with E-state index in [1.165, 1.54) is 11.1 Å². The van der Waals surface area contributed by atoms with Gasteiger partial charge in [0.1, 0.15) is 6.61 Å². The van der Waals surface area contributed by atoms with E-state index in [2.05, 4.69) is 10.6 Å². The monoisotopic (exact) mass is 386 g/mol. The SMILES string of the molecule is COc1cc(CNCCNC(=O)c2ccco2)ccc1OCc1cccs1. The summed E-state index contributed by atoms with van der Waals surface area (Å²) in [4.78, 5) is 12.9. The Morgan fingerprint density at radius 3 is 2.81 bits per heavy atom. The minimum Gasteiger partial charge on any atom is -0.493 e. The van der Waals surface area contributed by atoms with Crippen LogP contribution in [0.3, 0.4) is 0 Å². The van der Waals surface area contributed by atoms with Gasteiger partial charge in [-0.05, 0) is 41.3 Å². The number of benzene rings is 1. The Morgan fingerprint density at radius 1 is 1.15 bits per heavy atom. The molecule has 0 aliphatic rings. The van der Waals surface area contributed by atoms with E-state index in [1.54, 1.807) is 30.6 Å². The maximum absolute atomic E-state index is 11.7. The van der Waals surface area contributed by atoms with Crippen molar-refractivity contribution in [2.75, 3.05) is 20.2 Å². The highest BCUT2D eigenvalue weighted by Crippen LogP contribution is 2.29. The summed E-state index contributed by atoms with van der Waals surface area (Å²) in [6, 6.07) is 13.2. The van der Waals surface area contributed by atoms with Gasteiger partial charge in [-0.15, -0.1) is 11.3 Å². The molecule has 2 N–H and O–H groups in total. The number of carbonyl (C=O) groups is 1. The van der Waals surface area contributed by atoms with Crippen molar-refractivity contribution in [1.29, 1.82) is 0 Å². The van der Waals surface area contributed by atoms with Gasteiger partial charge in [-0.3, -0.25) is 4.79 Å². The Morgan fingerprint density at radius 2 is 2.07 bits per heavy atom. The van der Waals surface area contributed by atoms with E-state index in [1.807, 2.05) is 35.7 Å². The molecule has 0 aliphatic carbocycles. The van der Waals surface area contributed by atoms with E-state index >= 15 is 0 Å². The van der Waals surface area contributed by atoms with Crippen LogP contribution in [0.25, 0.3) is 0 Å². The summed E-state index contributed by atoms with van der Waals surface area (Å²) in [5.41, 5.74) is 1.08. The zero-order chi connectivity index (χ0) is 18.9. The first-order valence-corrected chi connectivity index (χ1v) is 9.49. The lowest BCUT2D eigenvalue weighted by Gasteiger charge is -2.12. The first-order chi connectivity index (χ1) is 13.3. The maximum atomic E-state index is 11.7. The maximum Gasteiger partial charge on any atom is 0.287 e. The number of amides is 1. The molecule has 2 heterocycles. The van der Waals surface area contributed by atoms with Crippen LogP contribution in [0.1, 0.15) is 21.0 Å². The van der Waals surface area contributed by atoms with Gasteiger partial charge in [0.25, 0.3) is 5.91 Å². The number of rotatable bonds is 10. The molecule has 7 heteroatoms. The fourth-order valence-corrected chi connectivity index (χ4v) is 3.09. The molecule has 0 radical (unpaired) electrons. The molecule has 0 bridgehead atoms. The van der Waals surface area contributed by atoms with E-state index in [-0.39, 0.29) is 5.91 Å². The summed E-state index contributed by atoms with van der Waals surface area (Å²) in [5, 5.41) is 8.11. The number of nitrogens with one attached hydrogen (secondary N) is 2. The molecule has 1 aromatic carbocycles. The first kappa shape index (κ1) is 19.0. The van der Waals surface area contributed by atoms with Gasteiger partial charge >= 0.3 is 0 Å². The molecule has 0 saturated carbocycles. The van der Waals surface area contributed by atoms with Crippen molar-refractivity contribution in [1.82, 2.24) is 10.6 Å². The lowest BCUT2D eigenvalue weighted by molar-refractivity contribution is 0.0926. The van der Waals surface area contributed by atoms with Gasteiger partial charge in [-0.2, -0.15) is 0 Å². The van der Waals surface area contributed by atoms with Gasteiger partial charge in [0.15, 0.2) is 17.3 Å². The van der Waals surface area contributed by atoms with Crippen LogP contribution >= 0.6 is 11.3 Å². The van der Waals surface area contributed by atoms with E-state index in [0.717, 1.165) is 11.3 Å². The molecule has 0 saturated heterocycles. The average Bonchev–Trinajstić information content (AvgIpc) is 3.40. The van der Waals surface area contributed by atoms with E-state index in [4.69, 9.17) is 13.9 Å². The van der Waals surface area contributed by atoms with Gasteiger partial charge in [0, 0.05) is 24.5 Å². The van der Waals surface area contributed by atoms with Crippen LogP contribution in [0, 0.1) is 0 Å². The van der Waals surface area contributed by atoms with Crippen LogP contribution < -0.4 is 20.1 Å². The minimum absolute atomic E-state index is 0.212. The van der Waals surface area contributed by atoms with E-state index < -0.39 is 0 Å². The third-order valence-corrected chi connectivity index (χ3v) is 4.69. The minimum atomic E-state index is -0.212. The highest BCUT2D eigenvalue weighted by Gasteiger charge is 2.08. The largest absolute Gasteiger partial charge is 0.493 e. The topological polar surface area (TPSA) is 72.7 Å². The predicted molar refractivity (Wildman–Crippen MR) is 104 cm³/mol. The number of furan rings is 1. The van der Waals surface area contributed by atoms with Crippen LogP contribution in [0.2, 0.25) is 0 Å². The van der Waals surface area contributed by atoms with Crippen molar-refractivity contribution in [2.45, 2.75) is 13.2 Å². The summed E-state index contributed by atoms with van der Waals surface area (Å²) in [7, 11) is 1.63. The fraction of sp³-hybridized carbons (Fsp3) is 0.250. The standard InChI is InChI=1S/C20H22N2O4S/c1-24-19-12-15(6-7-17(19)26-14-16-4-3-11-27-16)13-21-8-9-22-20(23)18-5-2-10-25-18/h2-7,10-12,21H,8-9,13-14H2,1H3,(H,22,23). The molecule has 3 rings (SSSR count). The van der Waals surface area contributed by atoms with Crippen LogP contribution in [-0.2, 0) is 13.2 Å². The highest BCUT2D eigenvalue weighted by atomic mass is 32.1. The number of hydrogen-bond acceptors (Lipinski definition) is 6. The van der Waals surface area contributed by atoms with Gasteiger partial charge in [0.05, 0.1) is 13.4 Å². The summed E-state index contributed by atoms with van der Waals surface area (Å²) in [5.74, 6) is 1.53. The van der Waals surface area contributed by atoms with E-state index in [0.29, 0.717) is 37.8 Å². The summed E-state index contributed by atoms with van der Waals surface area (Å²) in [6.45, 7) is 2.35. The quantitative estimate of drug-likeness (QED) is 0.522. The van der Waals surface area contributed by atoms with Crippen LogP contribution in [0.15, 0.2) is 58.5 Å². The molecule has 0 atom stereocenters. The third-order valence-electron chi connectivity index (χ3n) is 3.84. The Hall–Kier alpha value is -2.77. The number of carbonyl (C=O) groups excluding carboxylic acids is 1.